The Balaban J connectivity index is 1.28. The molecule has 0 spiro atoms. The van der Waals surface area contributed by atoms with Crippen LogP contribution in [0, 0.1) is 0 Å². The number of nitrogens with zero attached hydrogens (tertiary/aromatic N) is 5. The van der Waals surface area contributed by atoms with Crippen LogP contribution in [0.2, 0.25) is 5.15 Å². The molecule has 1 amide bonds. The summed E-state index contributed by atoms with van der Waals surface area (Å²) in [4.78, 5) is 31.1. The fraction of sp³-hybridized carbons (Fsp3) is 0.226. The average molecular weight is 623 g/mol. The van der Waals surface area contributed by atoms with Gasteiger partial charge >= 0.3 is 12.1 Å². The Bertz CT molecular complexity index is 1890. The van der Waals surface area contributed by atoms with Crippen LogP contribution in [0.1, 0.15) is 32.7 Å². The van der Waals surface area contributed by atoms with E-state index in [1.807, 2.05) is 30.3 Å². The second-order valence-electron chi connectivity index (χ2n) is 10.5. The van der Waals surface area contributed by atoms with Crippen molar-refractivity contribution >= 4 is 40.1 Å². The lowest BCUT2D eigenvalue weighted by Crippen LogP contribution is -2.46. The van der Waals surface area contributed by atoms with Gasteiger partial charge in [-0.15, -0.1) is 0 Å². The molecule has 0 fully saturated rings. The molecule has 0 saturated carbocycles. The van der Waals surface area contributed by atoms with Crippen LogP contribution in [-0.4, -0.2) is 55.9 Å². The van der Waals surface area contributed by atoms with Crippen molar-refractivity contribution in [2.24, 2.45) is 0 Å². The third-order valence-electron chi connectivity index (χ3n) is 7.75. The Labute approximate surface area is 254 Å². The Hall–Kier alpha value is -4.68. The van der Waals surface area contributed by atoms with Crippen LogP contribution in [-0.2, 0) is 30.4 Å². The normalized spacial score (nSPS) is 15.2. The lowest BCUT2D eigenvalue weighted by molar-refractivity contribution is -0.137. The predicted octanol–water partition coefficient (Wildman–Crippen LogP) is 5.36. The molecule has 226 valence electrons. The standard InChI is InChI=1S/C31H26ClF3N6O3/c1-39-23-10-5-11-24-25(23)19(17-40(24)28-21(31(33,34)35)9-6-13-37-28)15-22(29(39)42)36-14-12-20-26(30(43)44)38-41(27(20)32)16-18-7-3-2-4-8-18/h2-11,13,17,22,36H,12,14-16H2,1H3,(H,43,44). The molecule has 5 aromatic rings. The number of aromatic carboxylic acids is 1. The van der Waals surface area contributed by atoms with E-state index in [9.17, 15) is 27.9 Å². The molecular formula is C31H26ClF3N6O3. The van der Waals surface area contributed by atoms with Crippen molar-refractivity contribution in [2.45, 2.75) is 31.6 Å². The van der Waals surface area contributed by atoms with Crippen molar-refractivity contribution in [1.29, 1.82) is 0 Å². The van der Waals surface area contributed by atoms with Gasteiger partial charge in [-0.25, -0.2) is 14.5 Å². The first kappa shape index (κ1) is 29.4. The van der Waals surface area contributed by atoms with Crippen molar-refractivity contribution in [3.8, 4) is 5.82 Å². The number of hydrogen-bond acceptors (Lipinski definition) is 5. The van der Waals surface area contributed by atoms with Gasteiger partial charge in [0.1, 0.15) is 11.0 Å². The number of nitrogens with one attached hydrogen (secondary N) is 1. The zero-order valence-electron chi connectivity index (χ0n) is 23.3. The van der Waals surface area contributed by atoms with E-state index in [0.717, 1.165) is 11.6 Å². The SMILES string of the molecule is CN1C(=O)C(NCCc2c(C(=O)O)nn(Cc3ccccc3)c2Cl)Cc2cn(-c3ncccc3C(F)(F)F)c3cccc1c23. The minimum Gasteiger partial charge on any atom is -0.476 e. The van der Waals surface area contributed by atoms with Crippen LogP contribution in [0.5, 0.6) is 0 Å². The van der Waals surface area contributed by atoms with Gasteiger partial charge in [0.15, 0.2) is 5.69 Å². The number of carbonyl (C=O) groups is 2. The number of rotatable bonds is 8. The van der Waals surface area contributed by atoms with Crippen molar-refractivity contribution in [3.63, 3.8) is 0 Å². The largest absolute Gasteiger partial charge is 0.476 e. The quantitative estimate of drug-likeness (QED) is 0.241. The van der Waals surface area contributed by atoms with Crippen LogP contribution in [0.15, 0.2) is 73.1 Å². The molecule has 0 bridgehead atoms. The second-order valence-corrected chi connectivity index (χ2v) is 10.9. The van der Waals surface area contributed by atoms with Gasteiger partial charge in [0.25, 0.3) is 0 Å². The number of aromatic nitrogens is 4. The van der Waals surface area contributed by atoms with Crippen LogP contribution in [0.25, 0.3) is 16.7 Å². The molecule has 1 aliphatic rings. The number of alkyl halides is 3. The molecule has 6 rings (SSSR count). The maximum absolute atomic E-state index is 13.9. The predicted molar refractivity (Wildman–Crippen MR) is 158 cm³/mol. The summed E-state index contributed by atoms with van der Waals surface area (Å²) >= 11 is 6.59. The number of carboxylic acid groups (broad SMARTS) is 1. The summed E-state index contributed by atoms with van der Waals surface area (Å²) in [6.07, 6.45) is -1.35. The van der Waals surface area contributed by atoms with E-state index in [1.165, 1.54) is 26.4 Å². The van der Waals surface area contributed by atoms with Crippen molar-refractivity contribution < 1.29 is 27.9 Å². The summed E-state index contributed by atoms with van der Waals surface area (Å²) in [6, 6.07) is 16.0. The lowest BCUT2D eigenvalue weighted by Gasteiger charge is -2.23. The number of halogens is 4. The highest BCUT2D eigenvalue weighted by atomic mass is 35.5. The molecule has 1 unspecified atom stereocenters. The average Bonchev–Trinajstić information content (AvgIpc) is 3.50. The van der Waals surface area contributed by atoms with Gasteiger partial charge in [0.05, 0.1) is 29.4 Å². The summed E-state index contributed by atoms with van der Waals surface area (Å²) in [5.41, 5.74) is 1.92. The highest BCUT2D eigenvalue weighted by molar-refractivity contribution is 6.30. The minimum absolute atomic E-state index is 0.168. The van der Waals surface area contributed by atoms with Gasteiger partial charge in [-0.1, -0.05) is 48.0 Å². The summed E-state index contributed by atoms with van der Waals surface area (Å²) in [5, 5.41) is 18.1. The summed E-state index contributed by atoms with van der Waals surface area (Å²) in [5.74, 6) is -1.71. The van der Waals surface area contributed by atoms with E-state index in [4.69, 9.17) is 11.6 Å². The molecule has 3 aromatic heterocycles. The molecule has 13 heteroatoms. The number of anilines is 1. The first-order valence-corrected chi connectivity index (χ1v) is 14.1. The highest BCUT2D eigenvalue weighted by Crippen LogP contribution is 2.39. The fourth-order valence-electron chi connectivity index (χ4n) is 5.69. The second kappa shape index (κ2) is 11.4. The molecule has 9 nitrogen and oxygen atoms in total. The van der Waals surface area contributed by atoms with E-state index < -0.39 is 23.8 Å². The van der Waals surface area contributed by atoms with Gasteiger partial charge in [-0.3, -0.25) is 4.79 Å². The zero-order chi connectivity index (χ0) is 31.2. The topological polar surface area (TPSA) is 105 Å². The Morgan fingerprint density at radius 3 is 2.61 bits per heavy atom. The van der Waals surface area contributed by atoms with Crippen LogP contribution in [0.4, 0.5) is 18.9 Å². The monoisotopic (exact) mass is 622 g/mol. The number of carboxylic acids is 1. The van der Waals surface area contributed by atoms with Crippen LogP contribution < -0.4 is 10.2 Å². The maximum Gasteiger partial charge on any atom is 0.419 e. The summed E-state index contributed by atoms with van der Waals surface area (Å²) in [6.45, 7) is 0.483. The number of amides is 1. The van der Waals surface area contributed by atoms with Gasteiger partial charge in [-0.2, -0.15) is 18.3 Å². The molecule has 1 atom stereocenters. The Morgan fingerprint density at radius 2 is 1.89 bits per heavy atom. The van der Waals surface area contributed by atoms with Crippen molar-refractivity contribution in [3.05, 3.63) is 106 Å². The Kier molecular flexibility index (Phi) is 7.64. The lowest BCUT2D eigenvalue weighted by atomic mass is 10.1. The number of pyridine rings is 1. The van der Waals surface area contributed by atoms with E-state index in [2.05, 4.69) is 15.4 Å². The van der Waals surface area contributed by atoms with Gasteiger partial charge < -0.3 is 19.9 Å². The molecule has 2 aromatic carbocycles. The first-order chi connectivity index (χ1) is 21.0. The van der Waals surface area contributed by atoms with Crippen LogP contribution >= 0.6 is 11.6 Å². The van der Waals surface area contributed by atoms with Crippen molar-refractivity contribution in [2.75, 3.05) is 18.5 Å². The number of carbonyl (C=O) groups excluding carboxylic acids is 1. The third-order valence-corrected chi connectivity index (χ3v) is 8.17. The molecule has 2 N–H and O–H groups in total. The molecule has 4 heterocycles. The smallest absolute Gasteiger partial charge is 0.419 e. The van der Waals surface area contributed by atoms with Crippen LogP contribution in [0.3, 0.4) is 0 Å². The first-order valence-electron chi connectivity index (χ1n) is 13.7. The molecular weight excluding hydrogens is 597 g/mol. The Morgan fingerprint density at radius 1 is 1.11 bits per heavy atom. The van der Waals surface area contributed by atoms with E-state index in [0.29, 0.717) is 27.7 Å². The minimum atomic E-state index is -4.61. The van der Waals surface area contributed by atoms with E-state index in [1.54, 1.807) is 31.4 Å². The highest BCUT2D eigenvalue weighted by Gasteiger charge is 2.36. The van der Waals surface area contributed by atoms with E-state index >= 15 is 0 Å². The fourth-order valence-corrected chi connectivity index (χ4v) is 5.97. The van der Waals surface area contributed by atoms with E-state index in [-0.39, 0.29) is 48.5 Å². The van der Waals surface area contributed by atoms with Crippen molar-refractivity contribution in [1.82, 2.24) is 24.6 Å². The van der Waals surface area contributed by atoms with Gasteiger partial charge in [0.2, 0.25) is 5.91 Å². The number of benzene rings is 2. The number of hydrogen-bond donors (Lipinski definition) is 2. The maximum atomic E-state index is 13.9. The molecule has 0 aliphatic carbocycles. The molecule has 0 radical (unpaired) electrons. The third kappa shape index (κ3) is 5.31. The molecule has 1 aliphatic heterocycles. The zero-order valence-corrected chi connectivity index (χ0v) is 24.1. The summed E-state index contributed by atoms with van der Waals surface area (Å²) < 4.78 is 44.5. The molecule has 44 heavy (non-hydrogen) atoms. The molecule has 0 saturated heterocycles. The van der Waals surface area contributed by atoms with Gasteiger partial charge in [-0.05, 0) is 48.2 Å². The summed E-state index contributed by atoms with van der Waals surface area (Å²) in [7, 11) is 1.62. The van der Waals surface area contributed by atoms with Gasteiger partial charge in [0, 0.05) is 36.9 Å². The number of likely N-dealkylation sites (N-methyl/N-ethyl adjacent to an activating group) is 1.